The molecule has 0 radical (unpaired) electrons. The maximum Gasteiger partial charge on any atom is 0.161 e. The van der Waals surface area contributed by atoms with Gasteiger partial charge in [-0.25, -0.2) is 0 Å². The van der Waals surface area contributed by atoms with Crippen LogP contribution in [0.1, 0.15) is 0 Å². The third-order valence-corrected chi connectivity index (χ3v) is 2.20. The molecule has 0 aliphatic carbocycles. The molecule has 1 aromatic carbocycles. The zero-order valence-corrected chi connectivity index (χ0v) is 7.72. The summed E-state index contributed by atoms with van der Waals surface area (Å²) in [6.45, 7) is 0.519. The van der Waals surface area contributed by atoms with Gasteiger partial charge in [-0.2, -0.15) is 0 Å². The van der Waals surface area contributed by atoms with Crippen molar-refractivity contribution in [3.8, 4) is 11.5 Å². The van der Waals surface area contributed by atoms with Crippen LogP contribution in [-0.2, 0) is 0 Å². The number of aliphatic hydroxyl groups is 1. The molecule has 2 atom stereocenters. The average molecular weight is 195 g/mol. The molecule has 76 valence electrons. The molecular formula is C10H13NO3. The van der Waals surface area contributed by atoms with Crippen LogP contribution in [0.15, 0.2) is 24.3 Å². The molecule has 0 spiro atoms. The third-order valence-electron chi connectivity index (χ3n) is 2.20. The minimum atomic E-state index is -0.677. The lowest BCUT2D eigenvalue weighted by molar-refractivity contribution is -0.00530. The SMILES string of the molecule is NC[C@H](O)[C@H]1COc2ccccc2O1. The predicted molar refractivity (Wildman–Crippen MR) is 51.4 cm³/mol. The highest BCUT2D eigenvalue weighted by atomic mass is 16.6. The van der Waals surface area contributed by atoms with Gasteiger partial charge in [-0.1, -0.05) is 12.1 Å². The standard InChI is InChI=1S/C10H13NO3/c11-5-7(12)10-6-13-8-3-1-2-4-9(8)14-10/h1-4,7,10,12H,5-6,11H2/t7-,10+/m0/s1. The summed E-state index contributed by atoms with van der Waals surface area (Å²) in [6.07, 6.45) is -1.04. The van der Waals surface area contributed by atoms with Crippen molar-refractivity contribution in [3.63, 3.8) is 0 Å². The van der Waals surface area contributed by atoms with E-state index in [1.807, 2.05) is 24.3 Å². The lowest BCUT2D eigenvalue weighted by Gasteiger charge is -2.28. The molecule has 0 bridgehead atoms. The van der Waals surface area contributed by atoms with Gasteiger partial charge in [0.1, 0.15) is 12.7 Å². The minimum absolute atomic E-state index is 0.177. The molecular weight excluding hydrogens is 182 g/mol. The molecule has 1 heterocycles. The number of hydrogen-bond acceptors (Lipinski definition) is 4. The fourth-order valence-corrected chi connectivity index (χ4v) is 1.38. The van der Waals surface area contributed by atoms with Crippen molar-refractivity contribution in [2.45, 2.75) is 12.2 Å². The van der Waals surface area contributed by atoms with Gasteiger partial charge in [0.25, 0.3) is 0 Å². The fourth-order valence-electron chi connectivity index (χ4n) is 1.38. The number of aliphatic hydroxyl groups excluding tert-OH is 1. The van der Waals surface area contributed by atoms with Crippen LogP contribution < -0.4 is 15.2 Å². The Kier molecular flexibility index (Phi) is 2.56. The molecule has 0 fully saturated rings. The number of rotatable bonds is 2. The van der Waals surface area contributed by atoms with Crippen molar-refractivity contribution in [3.05, 3.63) is 24.3 Å². The second-order valence-electron chi connectivity index (χ2n) is 3.22. The molecule has 14 heavy (non-hydrogen) atoms. The van der Waals surface area contributed by atoms with Crippen molar-refractivity contribution in [2.75, 3.05) is 13.2 Å². The van der Waals surface area contributed by atoms with E-state index in [4.69, 9.17) is 15.2 Å². The lowest BCUT2D eigenvalue weighted by Crippen LogP contribution is -2.43. The normalized spacial score (nSPS) is 21.7. The molecule has 4 nitrogen and oxygen atoms in total. The van der Waals surface area contributed by atoms with Gasteiger partial charge in [0.05, 0.1) is 0 Å². The Hall–Kier alpha value is -1.26. The summed E-state index contributed by atoms with van der Waals surface area (Å²) in [5.41, 5.74) is 5.34. The van der Waals surface area contributed by atoms with Crippen LogP contribution in [0.2, 0.25) is 0 Å². The predicted octanol–water partition coefficient (Wildman–Crippen LogP) is 0.146. The summed E-state index contributed by atoms with van der Waals surface area (Å²) < 4.78 is 10.9. The Labute approximate surface area is 82.2 Å². The average Bonchev–Trinajstić information content (AvgIpc) is 2.27. The van der Waals surface area contributed by atoms with E-state index in [9.17, 15) is 5.11 Å². The van der Waals surface area contributed by atoms with Crippen LogP contribution in [0, 0.1) is 0 Å². The second kappa shape index (κ2) is 3.86. The summed E-state index contributed by atoms with van der Waals surface area (Å²) in [6, 6.07) is 7.38. The minimum Gasteiger partial charge on any atom is -0.486 e. The first-order chi connectivity index (χ1) is 6.81. The maximum absolute atomic E-state index is 9.48. The first-order valence-electron chi connectivity index (χ1n) is 4.58. The molecule has 3 N–H and O–H groups in total. The topological polar surface area (TPSA) is 64.7 Å². The summed E-state index contributed by atoms with van der Waals surface area (Å²) in [4.78, 5) is 0. The summed E-state index contributed by atoms with van der Waals surface area (Å²) >= 11 is 0. The molecule has 2 rings (SSSR count). The van der Waals surface area contributed by atoms with Gasteiger partial charge in [-0.3, -0.25) is 0 Å². The number of fused-ring (bicyclic) bond motifs is 1. The molecule has 0 amide bonds. The van der Waals surface area contributed by atoms with Gasteiger partial charge in [0.2, 0.25) is 0 Å². The Bertz CT molecular complexity index is 316. The number of hydrogen-bond donors (Lipinski definition) is 2. The van der Waals surface area contributed by atoms with Crippen LogP contribution in [0.4, 0.5) is 0 Å². The summed E-state index contributed by atoms with van der Waals surface area (Å²) in [5.74, 6) is 1.38. The van der Waals surface area contributed by atoms with Crippen LogP contribution in [0.5, 0.6) is 11.5 Å². The van der Waals surface area contributed by atoms with Gasteiger partial charge in [-0.05, 0) is 12.1 Å². The van der Waals surface area contributed by atoms with E-state index in [0.717, 1.165) is 0 Å². The van der Waals surface area contributed by atoms with E-state index < -0.39 is 6.10 Å². The molecule has 4 heteroatoms. The monoisotopic (exact) mass is 195 g/mol. The molecule has 0 aromatic heterocycles. The van der Waals surface area contributed by atoms with E-state index in [-0.39, 0.29) is 12.6 Å². The van der Waals surface area contributed by atoms with Crippen molar-refractivity contribution in [2.24, 2.45) is 5.73 Å². The van der Waals surface area contributed by atoms with E-state index in [1.54, 1.807) is 0 Å². The smallest absolute Gasteiger partial charge is 0.161 e. The van der Waals surface area contributed by atoms with Crippen molar-refractivity contribution < 1.29 is 14.6 Å². The number of benzene rings is 1. The van der Waals surface area contributed by atoms with E-state index in [0.29, 0.717) is 18.1 Å². The molecule has 0 saturated carbocycles. The summed E-state index contributed by atoms with van der Waals surface area (Å²) in [7, 11) is 0. The highest BCUT2D eigenvalue weighted by Crippen LogP contribution is 2.31. The number of nitrogens with two attached hydrogens (primary N) is 1. The molecule has 1 aromatic rings. The van der Waals surface area contributed by atoms with Crippen LogP contribution >= 0.6 is 0 Å². The summed E-state index contributed by atoms with van der Waals surface area (Å²) in [5, 5.41) is 9.48. The lowest BCUT2D eigenvalue weighted by atomic mass is 10.2. The molecule has 1 aliphatic rings. The fraction of sp³-hybridized carbons (Fsp3) is 0.400. The van der Waals surface area contributed by atoms with Crippen LogP contribution in [0.25, 0.3) is 0 Å². The highest BCUT2D eigenvalue weighted by molar-refractivity contribution is 5.40. The Morgan fingerprint density at radius 2 is 2.14 bits per heavy atom. The number of ether oxygens (including phenoxy) is 2. The van der Waals surface area contributed by atoms with E-state index in [1.165, 1.54) is 0 Å². The van der Waals surface area contributed by atoms with Gasteiger partial charge in [0, 0.05) is 6.54 Å². The van der Waals surface area contributed by atoms with Crippen molar-refractivity contribution in [1.82, 2.24) is 0 Å². The molecule has 0 unspecified atom stereocenters. The van der Waals surface area contributed by atoms with Gasteiger partial charge in [-0.15, -0.1) is 0 Å². The van der Waals surface area contributed by atoms with Crippen LogP contribution in [-0.4, -0.2) is 30.5 Å². The van der Waals surface area contributed by atoms with E-state index >= 15 is 0 Å². The molecule has 0 saturated heterocycles. The van der Waals surface area contributed by atoms with E-state index in [2.05, 4.69) is 0 Å². The maximum atomic E-state index is 9.48. The van der Waals surface area contributed by atoms with Gasteiger partial charge in [0.15, 0.2) is 17.6 Å². The van der Waals surface area contributed by atoms with Crippen molar-refractivity contribution >= 4 is 0 Å². The Morgan fingerprint density at radius 1 is 1.43 bits per heavy atom. The van der Waals surface area contributed by atoms with Crippen molar-refractivity contribution in [1.29, 1.82) is 0 Å². The highest BCUT2D eigenvalue weighted by Gasteiger charge is 2.26. The quantitative estimate of drug-likeness (QED) is 0.704. The zero-order valence-electron chi connectivity index (χ0n) is 7.72. The van der Waals surface area contributed by atoms with Gasteiger partial charge < -0.3 is 20.3 Å². The first kappa shape index (κ1) is 9.30. The molecule has 1 aliphatic heterocycles. The number of para-hydroxylation sites is 2. The van der Waals surface area contributed by atoms with Gasteiger partial charge >= 0.3 is 0 Å². The Morgan fingerprint density at radius 3 is 2.86 bits per heavy atom. The van der Waals surface area contributed by atoms with Crippen LogP contribution in [0.3, 0.4) is 0 Å². The zero-order chi connectivity index (χ0) is 9.97. The Balaban J connectivity index is 2.13. The second-order valence-corrected chi connectivity index (χ2v) is 3.22. The third kappa shape index (κ3) is 1.66. The first-order valence-corrected chi connectivity index (χ1v) is 4.58. The largest absolute Gasteiger partial charge is 0.486 e.